The van der Waals surface area contributed by atoms with E-state index in [2.05, 4.69) is 4.74 Å². The summed E-state index contributed by atoms with van der Waals surface area (Å²) in [6.45, 7) is -0.594. The first-order valence-corrected chi connectivity index (χ1v) is 9.74. The van der Waals surface area contributed by atoms with Crippen LogP contribution in [0.1, 0.15) is 23.0 Å². The van der Waals surface area contributed by atoms with Gasteiger partial charge in [0.25, 0.3) is 5.56 Å². The fraction of sp³-hybridized carbons (Fsp3) is 0.529. The lowest BCUT2D eigenvalue weighted by molar-refractivity contribution is -0.149. The second-order valence-electron chi connectivity index (χ2n) is 7.44. The molecule has 0 radical (unpaired) electrons. The number of carbonyl (C=O) groups is 4. The number of nitrogens with zero attached hydrogens (tertiary/aromatic N) is 1. The smallest absolute Gasteiger partial charge is 0.404 e. The van der Waals surface area contributed by atoms with Crippen LogP contribution in [0.5, 0.6) is 0 Å². The van der Waals surface area contributed by atoms with Gasteiger partial charge in [-0.25, -0.2) is 19.2 Å². The average Bonchev–Trinajstić information content (AvgIpc) is 3.04. The molecule has 0 bridgehead atoms. The molecule has 1 aliphatic heterocycles. The molecule has 1 aromatic rings. The van der Waals surface area contributed by atoms with Gasteiger partial charge in [-0.2, -0.15) is 0 Å². The summed E-state index contributed by atoms with van der Waals surface area (Å²) in [5.41, 5.74) is 6.95. The van der Waals surface area contributed by atoms with Gasteiger partial charge < -0.3 is 51.8 Å². The van der Waals surface area contributed by atoms with Crippen LogP contribution in [0.15, 0.2) is 15.8 Å². The molecule has 1 aliphatic rings. The number of aromatic nitrogens is 2. The maximum Gasteiger partial charge on any atom is 0.404 e. The number of ether oxygens (including phenoxy) is 2. The number of aromatic carboxylic acids is 1. The first-order chi connectivity index (χ1) is 16.2. The number of carboxylic acid groups (broad SMARTS) is 2. The molecule has 2 amide bonds. The fourth-order valence-corrected chi connectivity index (χ4v) is 3.21. The van der Waals surface area contributed by atoms with Crippen molar-refractivity contribution in [3.63, 3.8) is 0 Å². The number of aliphatic carboxylic acids is 1. The van der Waals surface area contributed by atoms with E-state index in [0.717, 1.165) is 0 Å². The summed E-state index contributed by atoms with van der Waals surface area (Å²) in [6.07, 6.45) is -10.3. The summed E-state index contributed by atoms with van der Waals surface area (Å²) >= 11 is 0. The molecule has 7 atom stereocenters. The molecule has 194 valence electrons. The molecule has 11 N–H and O–H groups in total. The van der Waals surface area contributed by atoms with Crippen molar-refractivity contribution in [3.8, 4) is 0 Å². The van der Waals surface area contributed by atoms with E-state index in [4.69, 9.17) is 21.3 Å². The number of aliphatic hydroxyl groups excluding tert-OH is 3. The predicted molar refractivity (Wildman–Crippen MR) is 108 cm³/mol. The molecular formula is C17H23N5O13. The Labute approximate surface area is 193 Å². The number of aliphatic hydroxyl groups is 3. The first-order valence-electron chi connectivity index (χ1n) is 9.74. The molecular weight excluding hydrogens is 482 g/mol. The van der Waals surface area contributed by atoms with Crippen molar-refractivity contribution >= 4 is 23.9 Å². The van der Waals surface area contributed by atoms with E-state index in [9.17, 15) is 49.2 Å². The van der Waals surface area contributed by atoms with E-state index in [0.29, 0.717) is 10.8 Å². The molecule has 1 saturated heterocycles. The van der Waals surface area contributed by atoms with Crippen LogP contribution in [0.4, 0.5) is 4.79 Å². The normalized spacial score (nSPS) is 24.2. The molecule has 0 spiro atoms. The SMILES string of the molecule is NC(=O)OCC(O)CC(N)C(=O)NC(C(=O)O)C1OC(n2cc(C(=O)O)c(=O)[nH]c2=O)C(O)C1O. The van der Waals surface area contributed by atoms with Crippen molar-refractivity contribution in [2.75, 3.05) is 6.61 Å². The number of primary amides is 1. The van der Waals surface area contributed by atoms with Crippen LogP contribution in [-0.4, -0.2) is 102 Å². The number of carboxylic acids is 2. The minimum absolute atomic E-state index is 0.431. The fourth-order valence-electron chi connectivity index (χ4n) is 3.21. The van der Waals surface area contributed by atoms with Gasteiger partial charge in [-0.05, 0) is 0 Å². The minimum Gasteiger partial charge on any atom is -0.480 e. The van der Waals surface area contributed by atoms with Crippen molar-refractivity contribution in [3.05, 3.63) is 32.6 Å². The Morgan fingerprint density at radius 1 is 1.20 bits per heavy atom. The quantitative estimate of drug-likeness (QED) is 0.143. The maximum atomic E-state index is 12.3. The number of aromatic amines is 1. The largest absolute Gasteiger partial charge is 0.480 e. The van der Waals surface area contributed by atoms with Crippen LogP contribution < -0.4 is 28.0 Å². The monoisotopic (exact) mass is 505 g/mol. The zero-order chi connectivity index (χ0) is 26.6. The van der Waals surface area contributed by atoms with Crippen molar-refractivity contribution in [2.24, 2.45) is 11.5 Å². The van der Waals surface area contributed by atoms with Gasteiger partial charge in [0.2, 0.25) is 5.91 Å². The summed E-state index contributed by atoms with van der Waals surface area (Å²) in [5, 5.41) is 50.9. The number of rotatable bonds is 10. The van der Waals surface area contributed by atoms with Crippen molar-refractivity contribution in [2.45, 2.75) is 49.1 Å². The standard InChI is InChI=1S/C17H23N5O13/c18-6(1-4(23)3-34-16(19)32)12(27)20-7(15(30)31)10-8(24)9(25)13(35-10)22-2-5(14(28)29)11(26)21-17(22)33/h2,4,6-10,13,23-25H,1,3,18H2,(H2,19,32)(H,20,27)(H,28,29)(H,30,31)(H,21,26,33). The van der Waals surface area contributed by atoms with Crippen molar-refractivity contribution in [1.82, 2.24) is 14.9 Å². The molecule has 0 aliphatic carbocycles. The van der Waals surface area contributed by atoms with Crippen LogP contribution in [0, 0.1) is 0 Å². The third-order valence-corrected chi connectivity index (χ3v) is 4.92. The van der Waals surface area contributed by atoms with Gasteiger partial charge in [-0.15, -0.1) is 0 Å². The van der Waals surface area contributed by atoms with Gasteiger partial charge in [0.05, 0.1) is 12.1 Å². The molecule has 35 heavy (non-hydrogen) atoms. The molecule has 2 rings (SSSR count). The molecule has 2 heterocycles. The molecule has 0 saturated carbocycles. The lowest BCUT2D eigenvalue weighted by atomic mass is 10.0. The summed E-state index contributed by atoms with van der Waals surface area (Å²) in [7, 11) is 0. The number of hydrogen-bond donors (Lipinski definition) is 9. The Bertz CT molecular complexity index is 1100. The Kier molecular flexibility index (Phi) is 8.66. The van der Waals surface area contributed by atoms with Crippen LogP contribution >= 0.6 is 0 Å². The maximum absolute atomic E-state index is 12.3. The van der Waals surface area contributed by atoms with Gasteiger partial charge in [0, 0.05) is 12.6 Å². The van der Waals surface area contributed by atoms with Gasteiger partial charge in [0.1, 0.15) is 30.5 Å². The minimum atomic E-state index is -2.04. The highest BCUT2D eigenvalue weighted by Crippen LogP contribution is 2.30. The molecule has 18 heteroatoms. The first kappa shape index (κ1) is 27.4. The topological polar surface area (TPSA) is 307 Å². The Morgan fingerprint density at radius 2 is 1.83 bits per heavy atom. The summed E-state index contributed by atoms with van der Waals surface area (Å²) in [4.78, 5) is 71.2. The summed E-state index contributed by atoms with van der Waals surface area (Å²) < 4.78 is 10.0. The second-order valence-corrected chi connectivity index (χ2v) is 7.44. The van der Waals surface area contributed by atoms with E-state index in [-0.39, 0.29) is 0 Å². The van der Waals surface area contributed by atoms with E-state index < -0.39 is 96.5 Å². The Hall–Kier alpha value is -3.84. The van der Waals surface area contributed by atoms with Crippen LogP contribution in [0.2, 0.25) is 0 Å². The molecule has 0 aromatic carbocycles. The molecule has 1 fully saturated rings. The lowest BCUT2D eigenvalue weighted by Crippen LogP contribution is -2.56. The van der Waals surface area contributed by atoms with Gasteiger partial charge in [-0.3, -0.25) is 19.1 Å². The Balaban J connectivity index is 2.21. The van der Waals surface area contributed by atoms with Gasteiger partial charge in [0.15, 0.2) is 12.3 Å². The number of nitrogens with one attached hydrogen (secondary N) is 2. The van der Waals surface area contributed by atoms with Crippen LogP contribution in [0.25, 0.3) is 0 Å². The second kappa shape index (κ2) is 11.1. The van der Waals surface area contributed by atoms with E-state index >= 15 is 0 Å². The highest BCUT2D eigenvalue weighted by atomic mass is 16.6. The van der Waals surface area contributed by atoms with E-state index in [1.165, 1.54) is 0 Å². The predicted octanol–water partition coefficient (Wildman–Crippen LogP) is -5.40. The third-order valence-electron chi connectivity index (χ3n) is 4.92. The molecule has 7 unspecified atom stereocenters. The zero-order valence-corrected chi connectivity index (χ0v) is 17.6. The van der Waals surface area contributed by atoms with Gasteiger partial charge >= 0.3 is 23.7 Å². The zero-order valence-electron chi connectivity index (χ0n) is 17.6. The van der Waals surface area contributed by atoms with Crippen molar-refractivity contribution < 1.29 is 54.2 Å². The van der Waals surface area contributed by atoms with E-state index in [1.807, 2.05) is 5.32 Å². The summed E-state index contributed by atoms with van der Waals surface area (Å²) in [6, 6.07) is -3.57. The number of hydrogen-bond acceptors (Lipinski definition) is 12. The highest BCUT2D eigenvalue weighted by Gasteiger charge is 2.50. The van der Waals surface area contributed by atoms with Crippen LogP contribution in [-0.2, 0) is 19.1 Å². The van der Waals surface area contributed by atoms with Crippen LogP contribution in [0.3, 0.4) is 0 Å². The number of carbonyl (C=O) groups excluding carboxylic acids is 2. The number of nitrogens with two attached hydrogens (primary N) is 2. The molecule has 18 nitrogen and oxygen atoms in total. The van der Waals surface area contributed by atoms with Gasteiger partial charge in [-0.1, -0.05) is 0 Å². The molecule has 1 aromatic heterocycles. The number of amides is 2. The van der Waals surface area contributed by atoms with Crippen molar-refractivity contribution in [1.29, 1.82) is 0 Å². The average molecular weight is 505 g/mol. The number of H-pyrrole nitrogens is 1. The highest BCUT2D eigenvalue weighted by molar-refractivity contribution is 5.87. The lowest BCUT2D eigenvalue weighted by Gasteiger charge is -2.25. The third kappa shape index (κ3) is 6.39. The summed E-state index contributed by atoms with van der Waals surface area (Å²) in [5.74, 6) is -4.61. The van der Waals surface area contributed by atoms with E-state index in [1.54, 1.807) is 4.98 Å². The Morgan fingerprint density at radius 3 is 2.37 bits per heavy atom.